The topological polar surface area (TPSA) is 46.3 Å². The van der Waals surface area contributed by atoms with E-state index in [-0.39, 0.29) is 11.4 Å². The van der Waals surface area contributed by atoms with Crippen molar-refractivity contribution >= 4 is 23.1 Å². The van der Waals surface area contributed by atoms with Crippen LogP contribution in [0.2, 0.25) is 0 Å². The molecule has 0 fully saturated rings. The minimum Gasteiger partial charge on any atom is -0.437 e. The summed E-state index contributed by atoms with van der Waals surface area (Å²) >= 11 is 0. The average Bonchev–Trinajstić information content (AvgIpc) is 2.86. The third-order valence-electron chi connectivity index (χ3n) is 3.78. The predicted molar refractivity (Wildman–Crippen MR) is 80.2 cm³/mol. The Balaban J connectivity index is 2.14. The van der Waals surface area contributed by atoms with Crippen molar-refractivity contribution in [3.05, 3.63) is 36.2 Å². The van der Waals surface area contributed by atoms with E-state index in [0.29, 0.717) is 5.89 Å². The van der Waals surface area contributed by atoms with Gasteiger partial charge in [0.1, 0.15) is 5.52 Å². The normalized spacial score (nSPS) is 12.2. The summed E-state index contributed by atoms with van der Waals surface area (Å²) < 4.78 is 5.54. The first kappa shape index (κ1) is 14.3. The van der Waals surface area contributed by atoms with E-state index in [1.165, 1.54) is 6.08 Å². The lowest BCUT2D eigenvalue weighted by Gasteiger charge is -2.34. The van der Waals surface area contributed by atoms with E-state index in [0.717, 1.165) is 17.5 Å². The third kappa shape index (κ3) is 2.90. The summed E-state index contributed by atoms with van der Waals surface area (Å²) in [6.07, 6.45) is 4.01. The molecule has 106 valence electrons. The standard InChI is InChI=1S/C16H20N2O2/c1-5-16(2,3)18(4)15(19)11-10-14-17-12-8-6-7-9-13(12)20-14/h6-11H,5H2,1-4H3/b11-10+. The quantitative estimate of drug-likeness (QED) is 0.800. The zero-order valence-electron chi connectivity index (χ0n) is 12.4. The van der Waals surface area contributed by atoms with Gasteiger partial charge >= 0.3 is 0 Å². The molecule has 0 spiro atoms. The molecule has 2 aromatic rings. The Morgan fingerprint density at radius 3 is 2.75 bits per heavy atom. The summed E-state index contributed by atoms with van der Waals surface area (Å²) in [7, 11) is 1.81. The summed E-state index contributed by atoms with van der Waals surface area (Å²) in [5.74, 6) is 0.390. The number of hydrogen-bond acceptors (Lipinski definition) is 3. The summed E-state index contributed by atoms with van der Waals surface area (Å²) in [6.45, 7) is 6.14. The number of fused-ring (bicyclic) bond motifs is 1. The molecule has 0 unspecified atom stereocenters. The van der Waals surface area contributed by atoms with Crippen molar-refractivity contribution in [3.8, 4) is 0 Å². The number of aromatic nitrogens is 1. The molecule has 0 radical (unpaired) electrons. The maximum atomic E-state index is 12.1. The first-order valence-electron chi connectivity index (χ1n) is 6.75. The van der Waals surface area contributed by atoms with Gasteiger partial charge in [0.05, 0.1) is 0 Å². The Morgan fingerprint density at radius 1 is 1.40 bits per heavy atom. The van der Waals surface area contributed by atoms with Crippen molar-refractivity contribution in [3.63, 3.8) is 0 Å². The average molecular weight is 272 g/mol. The van der Waals surface area contributed by atoms with Gasteiger partial charge in [-0.3, -0.25) is 4.79 Å². The monoisotopic (exact) mass is 272 g/mol. The molecule has 0 N–H and O–H groups in total. The minimum absolute atomic E-state index is 0.0564. The second-order valence-corrected chi connectivity index (χ2v) is 5.42. The number of amides is 1. The van der Waals surface area contributed by atoms with Crippen LogP contribution in [-0.2, 0) is 4.79 Å². The second kappa shape index (κ2) is 5.49. The zero-order valence-corrected chi connectivity index (χ0v) is 12.4. The molecule has 1 aromatic heterocycles. The fraction of sp³-hybridized carbons (Fsp3) is 0.375. The van der Waals surface area contributed by atoms with Gasteiger partial charge in [0.2, 0.25) is 11.8 Å². The van der Waals surface area contributed by atoms with Crippen molar-refractivity contribution < 1.29 is 9.21 Å². The maximum absolute atomic E-state index is 12.1. The van der Waals surface area contributed by atoms with Crippen molar-refractivity contribution in [1.82, 2.24) is 9.88 Å². The number of benzene rings is 1. The Kier molecular flexibility index (Phi) is 3.93. The minimum atomic E-state index is -0.164. The molecular formula is C16H20N2O2. The first-order valence-corrected chi connectivity index (χ1v) is 6.75. The van der Waals surface area contributed by atoms with Gasteiger partial charge in [-0.1, -0.05) is 19.1 Å². The number of likely N-dealkylation sites (N-methyl/N-ethyl adjacent to an activating group) is 1. The Morgan fingerprint density at radius 2 is 2.10 bits per heavy atom. The highest BCUT2D eigenvalue weighted by Crippen LogP contribution is 2.18. The predicted octanol–water partition coefficient (Wildman–Crippen LogP) is 3.49. The molecule has 0 bridgehead atoms. The van der Waals surface area contributed by atoms with Gasteiger partial charge in [0, 0.05) is 24.7 Å². The highest BCUT2D eigenvalue weighted by atomic mass is 16.3. The molecule has 0 aliphatic heterocycles. The summed E-state index contributed by atoms with van der Waals surface area (Å²) in [5, 5.41) is 0. The van der Waals surface area contributed by atoms with Crippen LogP contribution in [0.1, 0.15) is 33.1 Å². The molecule has 0 aliphatic rings. The molecule has 4 heteroatoms. The van der Waals surface area contributed by atoms with E-state index >= 15 is 0 Å². The molecule has 0 saturated carbocycles. The van der Waals surface area contributed by atoms with Crippen molar-refractivity contribution in [2.45, 2.75) is 32.7 Å². The van der Waals surface area contributed by atoms with Crippen LogP contribution in [0.5, 0.6) is 0 Å². The summed E-state index contributed by atoms with van der Waals surface area (Å²) in [4.78, 5) is 18.1. The maximum Gasteiger partial charge on any atom is 0.246 e. The number of carbonyl (C=O) groups excluding carboxylic acids is 1. The van der Waals surface area contributed by atoms with E-state index < -0.39 is 0 Å². The van der Waals surface area contributed by atoms with Gasteiger partial charge in [0.15, 0.2) is 5.58 Å². The van der Waals surface area contributed by atoms with Crippen LogP contribution in [0.4, 0.5) is 0 Å². The highest BCUT2D eigenvalue weighted by Gasteiger charge is 2.23. The van der Waals surface area contributed by atoms with Gasteiger partial charge < -0.3 is 9.32 Å². The van der Waals surface area contributed by atoms with E-state index in [1.54, 1.807) is 11.0 Å². The van der Waals surface area contributed by atoms with Crippen molar-refractivity contribution in [2.75, 3.05) is 7.05 Å². The number of oxazole rings is 1. The molecular weight excluding hydrogens is 252 g/mol. The Bertz CT molecular complexity index is 608. The number of rotatable bonds is 4. The fourth-order valence-electron chi connectivity index (χ4n) is 1.75. The lowest BCUT2D eigenvalue weighted by molar-refractivity contribution is -0.129. The molecule has 1 heterocycles. The zero-order chi connectivity index (χ0) is 14.8. The molecule has 1 amide bonds. The summed E-state index contributed by atoms with van der Waals surface area (Å²) in [5.41, 5.74) is 1.35. The van der Waals surface area contributed by atoms with Crippen LogP contribution in [0.3, 0.4) is 0 Å². The molecule has 20 heavy (non-hydrogen) atoms. The molecule has 0 saturated heterocycles. The Labute approximate surface area is 119 Å². The van der Waals surface area contributed by atoms with Crippen LogP contribution in [0.15, 0.2) is 34.8 Å². The number of hydrogen-bond donors (Lipinski definition) is 0. The van der Waals surface area contributed by atoms with E-state index in [4.69, 9.17) is 4.42 Å². The molecule has 0 aliphatic carbocycles. The van der Waals surface area contributed by atoms with Crippen molar-refractivity contribution in [2.24, 2.45) is 0 Å². The largest absolute Gasteiger partial charge is 0.437 e. The van der Waals surface area contributed by atoms with Gasteiger partial charge in [-0.2, -0.15) is 0 Å². The first-order chi connectivity index (χ1) is 9.44. The third-order valence-corrected chi connectivity index (χ3v) is 3.78. The van der Waals surface area contributed by atoms with Gasteiger partial charge in [-0.05, 0) is 32.4 Å². The molecule has 2 rings (SSSR count). The van der Waals surface area contributed by atoms with E-state index in [2.05, 4.69) is 11.9 Å². The molecule has 4 nitrogen and oxygen atoms in total. The van der Waals surface area contributed by atoms with Gasteiger partial charge in [0.25, 0.3) is 0 Å². The lowest BCUT2D eigenvalue weighted by atomic mass is 10.00. The summed E-state index contributed by atoms with van der Waals surface area (Å²) in [6, 6.07) is 7.53. The Hall–Kier alpha value is -2.10. The SMILES string of the molecule is CCC(C)(C)N(C)C(=O)/C=C/c1nc2ccccc2o1. The van der Waals surface area contributed by atoms with Crippen LogP contribution in [-0.4, -0.2) is 28.4 Å². The second-order valence-electron chi connectivity index (χ2n) is 5.42. The number of nitrogens with zero attached hydrogens (tertiary/aromatic N) is 2. The van der Waals surface area contributed by atoms with E-state index in [9.17, 15) is 4.79 Å². The van der Waals surface area contributed by atoms with Crippen LogP contribution in [0, 0.1) is 0 Å². The van der Waals surface area contributed by atoms with E-state index in [1.807, 2.05) is 45.2 Å². The van der Waals surface area contributed by atoms with Crippen LogP contribution >= 0.6 is 0 Å². The van der Waals surface area contributed by atoms with Crippen LogP contribution in [0.25, 0.3) is 17.2 Å². The lowest BCUT2D eigenvalue weighted by Crippen LogP contribution is -2.43. The van der Waals surface area contributed by atoms with Crippen molar-refractivity contribution in [1.29, 1.82) is 0 Å². The van der Waals surface area contributed by atoms with Gasteiger partial charge in [-0.25, -0.2) is 4.98 Å². The molecule has 1 aromatic carbocycles. The number of para-hydroxylation sites is 2. The smallest absolute Gasteiger partial charge is 0.246 e. The van der Waals surface area contributed by atoms with Crippen LogP contribution < -0.4 is 0 Å². The fourth-order valence-corrected chi connectivity index (χ4v) is 1.75. The number of carbonyl (C=O) groups is 1. The van der Waals surface area contributed by atoms with Gasteiger partial charge in [-0.15, -0.1) is 0 Å². The molecule has 0 atom stereocenters. The highest BCUT2D eigenvalue weighted by molar-refractivity contribution is 5.91.